The quantitative estimate of drug-likeness (QED) is 0.608. The first-order valence-corrected chi connectivity index (χ1v) is 10.4. The SMILES string of the molecule is C=CC1=C(/C=C\C)C(C(=O)NCC(N)c2ccc(C(=O)Nc3ccncc3)cc2)CC1. The summed E-state index contributed by atoms with van der Waals surface area (Å²) < 4.78 is 0. The number of carbonyl (C=O) groups excluding carboxylic acids is 2. The van der Waals surface area contributed by atoms with Crippen LogP contribution in [0.2, 0.25) is 0 Å². The first kappa shape index (κ1) is 22.2. The maximum atomic E-state index is 12.7. The van der Waals surface area contributed by atoms with Gasteiger partial charge in [0.15, 0.2) is 0 Å². The van der Waals surface area contributed by atoms with E-state index >= 15 is 0 Å². The third-order valence-corrected chi connectivity index (χ3v) is 5.39. The first-order chi connectivity index (χ1) is 15.0. The molecule has 0 saturated carbocycles. The largest absolute Gasteiger partial charge is 0.354 e. The van der Waals surface area contributed by atoms with E-state index in [1.54, 1.807) is 36.7 Å². The Morgan fingerprint density at radius 2 is 1.94 bits per heavy atom. The summed E-state index contributed by atoms with van der Waals surface area (Å²) in [6.07, 6.45) is 10.6. The van der Waals surface area contributed by atoms with Gasteiger partial charge in [-0.25, -0.2) is 0 Å². The van der Waals surface area contributed by atoms with Crippen molar-refractivity contribution >= 4 is 17.5 Å². The van der Waals surface area contributed by atoms with E-state index in [1.165, 1.54) is 0 Å². The van der Waals surface area contributed by atoms with Gasteiger partial charge in [0.05, 0.1) is 5.92 Å². The van der Waals surface area contributed by atoms with Crippen molar-refractivity contribution in [2.75, 3.05) is 11.9 Å². The van der Waals surface area contributed by atoms with Crippen molar-refractivity contribution in [3.8, 4) is 0 Å². The fourth-order valence-corrected chi connectivity index (χ4v) is 3.69. The highest BCUT2D eigenvalue weighted by Crippen LogP contribution is 2.33. The summed E-state index contributed by atoms with van der Waals surface area (Å²) in [5, 5.41) is 5.79. The number of aromatic nitrogens is 1. The fraction of sp³-hybridized carbons (Fsp3) is 0.240. The Morgan fingerprint density at radius 3 is 2.58 bits per heavy atom. The van der Waals surface area contributed by atoms with Crippen molar-refractivity contribution in [1.82, 2.24) is 10.3 Å². The molecule has 4 N–H and O–H groups in total. The Kier molecular flexibility index (Phi) is 7.51. The second-order valence-corrected chi connectivity index (χ2v) is 7.44. The molecule has 6 nitrogen and oxygen atoms in total. The minimum Gasteiger partial charge on any atom is -0.354 e. The lowest BCUT2D eigenvalue weighted by Gasteiger charge is -2.17. The monoisotopic (exact) mass is 416 g/mol. The number of nitrogens with two attached hydrogens (primary N) is 1. The van der Waals surface area contributed by atoms with Gasteiger partial charge in [0.25, 0.3) is 5.91 Å². The number of hydrogen-bond acceptors (Lipinski definition) is 4. The number of amides is 2. The van der Waals surface area contributed by atoms with E-state index in [-0.39, 0.29) is 23.8 Å². The minimum atomic E-state index is -0.365. The van der Waals surface area contributed by atoms with E-state index in [1.807, 2.05) is 37.3 Å². The molecule has 0 saturated heterocycles. The number of rotatable bonds is 8. The van der Waals surface area contributed by atoms with E-state index < -0.39 is 0 Å². The molecule has 2 atom stereocenters. The number of allylic oxidation sites excluding steroid dienone is 4. The number of anilines is 1. The van der Waals surface area contributed by atoms with Crippen LogP contribution in [-0.2, 0) is 4.79 Å². The van der Waals surface area contributed by atoms with E-state index in [4.69, 9.17) is 5.73 Å². The summed E-state index contributed by atoms with van der Waals surface area (Å²) in [6.45, 7) is 6.12. The molecule has 2 unspecified atom stereocenters. The number of hydrogen-bond donors (Lipinski definition) is 3. The zero-order valence-corrected chi connectivity index (χ0v) is 17.7. The third-order valence-electron chi connectivity index (χ3n) is 5.39. The lowest BCUT2D eigenvalue weighted by Crippen LogP contribution is -2.36. The Morgan fingerprint density at radius 1 is 1.23 bits per heavy atom. The van der Waals surface area contributed by atoms with Crippen LogP contribution in [0.25, 0.3) is 0 Å². The van der Waals surface area contributed by atoms with E-state index in [2.05, 4.69) is 22.2 Å². The maximum Gasteiger partial charge on any atom is 0.255 e. The zero-order chi connectivity index (χ0) is 22.2. The molecule has 0 aliphatic heterocycles. The van der Waals surface area contributed by atoms with Crippen LogP contribution in [0, 0.1) is 5.92 Å². The van der Waals surface area contributed by atoms with Crippen LogP contribution in [0.4, 0.5) is 5.69 Å². The predicted molar refractivity (Wildman–Crippen MR) is 123 cm³/mol. The minimum absolute atomic E-state index is 0.0197. The number of benzene rings is 1. The Bertz CT molecular complexity index is 994. The number of nitrogens with one attached hydrogen (secondary N) is 2. The van der Waals surface area contributed by atoms with Gasteiger partial charge in [-0.3, -0.25) is 14.6 Å². The summed E-state index contributed by atoms with van der Waals surface area (Å²) >= 11 is 0. The zero-order valence-electron chi connectivity index (χ0n) is 17.7. The Hall–Kier alpha value is -3.51. The van der Waals surface area contributed by atoms with Crippen LogP contribution in [0.3, 0.4) is 0 Å². The van der Waals surface area contributed by atoms with Crippen molar-refractivity contribution in [2.24, 2.45) is 11.7 Å². The molecule has 1 heterocycles. The smallest absolute Gasteiger partial charge is 0.255 e. The van der Waals surface area contributed by atoms with Crippen LogP contribution in [0.1, 0.15) is 41.7 Å². The lowest BCUT2D eigenvalue weighted by atomic mass is 9.98. The van der Waals surface area contributed by atoms with Crippen LogP contribution >= 0.6 is 0 Å². The van der Waals surface area contributed by atoms with Gasteiger partial charge in [-0.05, 0) is 60.7 Å². The highest BCUT2D eigenvalue weighted by atomic mass is 16.2. The van der Waals surface area contributed by atoms with Crippen molar-refractivity contribution < 1.29 is 9.59 Å². The van der Waals surface area contributed by atoms with E-state index in [0.29, 0.717) is 17.8 Å². The first-order valence-electron chi connectivity index (χ1n) is 10.4. The summed E-state index contributed by atoms with van der Waals surface area (Å²) in [7, 11) is 0. The lowest BCUT2D eigenvalue weighted by molar-refractivity contribution is -0.123. The summed E-state index contributed by atoms with van der Waals surface area (Å²) in [5.41, 5.74) is 10.5. The Labute approximate surface area is 183 Å². The molecule has 0 radical (unpaired) electrons. The van der Waals surface area contributed by atoms with Gasteiger partial charge in [0.1, 0.15) is 0 Å². The predicted octanol–water partition coefficient (Wildman–Crippen LogP) is 3.92. The molecule has 2 amide bonds. The van der Waals surface area contributed by atoms with Gasteiger partial charge in [-0.1, -0.05) is 36.9 Å². The summed E-state index contributed by atoms with van der Waals surface area (Å²) in [5.74, 6) is -0.397. The molecule has 6 heteroatoms. The molecule has 0 spiro atoms. The van der Waals surface area contributed by atoms with Crippen LogP contribution < -0.4 is 16.4 Å². The summed E-state index contributed by atoms with van der Waals surface area (Å²) in [6, 6.07) is 10.2. The standard InChI is InChI=1S/C25H28N4O2/c1-3-5-21-17(4-2)10-11-22(21)25(31)28-16-23(26)18-6-8-19(9-7-18)24(30)29-20-12-14-27-15-13-20/h3-9,12-15,22-23H,2,10-11,16,26H2,1H3,(H,28,31)(H,27,29,30)/b5-3-. The average molecular weight is 417 g/mol. The highest BCUT2D eigenvalue weighted by Gasteiger charge is 2.28. The molecule has 0 fully saturated rings. The normalized spacial score (nSPS) is 16.9. The van der Waals surface area contributed by atoms with Gasteiger partial charge in [-0.2, -0.15) is 0 Å². The van der Waals surface area contributed by atoms with Gasteiger partial charge in [0, 0.05) is 36.2 Å². The van der Waals surface area contributed by atoms with Crippen molar-refractivity contribution in [3.05, 3.63) is 95.9 Å². The van der Waals surface area contributed by atoms with Crippen LogP contribution in [0.5, 0.6) is 0 Å². The molecule has 2 aromatic rings. The summed E-state index contributed by atoms with van der Waals surface area (Å²) in [4.78, 5) is 29.0. The molecule has 3 rings (SSSR count). The van der Waals surface area contributed by atoms with Crippen molar-refractivity contribution in [3.63, 3.8) is 0 Å². The average Bonchev–Trinajstić information content (AvgIpc) is 3.21. The van der Waals surface area contributed by atoms with Gasteiger partial charge in [0.2, 0.25) is 5.91 Å². The maximum absolute atomic E-state index is 12.7. The number of pyridine rings is 1. The molecular formula is C25H28N4O2. The molecule has 31 heavy (non-hydrogen) atoms. The van der Waals surface area contributed by atoms with Crippen LogP contribution in [0.15, 0.2) is 84.7 Å². The fourth-order valence-electron chi connectivity index (χ4n) is 3.69. The highest BCUT2D eigenvalue weighted by molar-refractivity contribution is 6.04. The molecule has 1 aliphatic rings. The molecule has 1 aliphatic carbocycles. The third kappa shape index (κ3) is 5.55. The van der Waals surface area contributed by atoms with Gasteiger partial charge in [-0.15, -0.1) is 0 Å². The molecular weight excluding hydrogens is 388 g/mol. The van der Waals surface area contributed by atoms with E-state index in [9.17, 15) is 9.59 Å². The topological polar surface area (TPSA) is 97.1 Å². The molecule has 1 aromatic heterocycles. The van der Waals surface area contributed by atoms with Gasteiger partial charge < -0.3 is 16.4 Å². The van der Waals surface area contributed by atoms with Gasteiger partial charge >= 0.3 is 0 Å². The van der Waals surface area contributed by atoms with E-state index in [0.717, 1.165) is 29.6 Å². The molecule has 160 valence electrons. The van der Waals surface area contributed by atoms with Crippen molar-refractivity contribution in [2.45, 2.75) is 25.8 Å². The number of carbonyl (C=O) groups is 2. The second-order valence-electron chi connectivity index (χ2n) is 7.44. The Balaban J connectivity index is 1.56. The van der Waals surface area contributed by atoms with Crippen molar-refractivity contribution in [1.29, 1.82) is 0 Å². The van der Waals surface area contributed by atoms with Crippen LogP contribution in [-0.4, -0.2) is 23.3 Å². The molecule has 1 aromatic carbocycles. The molecule has 0 bridgehead atoms. The second kappa shape index (κ2) is 10.5. The number of nitrogens with zero attached hydrogens (tertiary/aromatic N) is 1.